The predicted octanol–water partition coefficient (Wildman–Crippen LogP) is -0.327. The van der Waals surface area contributed by atoms with Gasteiger partial charge in [-0.2, -0.15) is 0 Å². The van der Waals surface area contributed by atoms with E-state index < -0.39 is 11.9 Å². The van der Waals surface area contributed by atoms with E-state index in [1.807, 2.05) is 0 Å². The van der Waals surface area contributed by atoms with Crippen molar-refractivity contribution < 1.29 is 4.79 Å². The summed E-state index contributed by atoms with van der Waals surface area (Å²) in [7, 11) is 0. The van der Waals surface area contributed by atoms with Gasteiger partial charge in [-0.3, -0.25) is 4.79 Å². The number of hydrogen-bond donors (Lipinski definition) is 2. The molecule has 76 valence electrons. The molecule has 13 heavy (non-hydrogen) atoms. The van der Waals surface area contributed by atoms with Crippen LogP contribution in [-0.4, -0.2) is 36.0 Å². The van der Waals surface area contributed by atoms with Crippen molar-refractivity contribution in [2.75, 3.05) is 13.1 Å². The van der Waals surface area contributed by atoms with E-state index in [0.29, 0.717) is 6.42 Å². The number of rotatable bonds is 6. The van der Waals surface area contributed by atoms with Crippen LogP contribution >= 0.6 is 0 Å². The Bertz CT molecular complexity index is 180. The van der Waals surface area contributed by atoms with Gasteiger partial charge in [-0.25, -0.2) is 0 Å². The van der Waals surface area contributed by atoms with Crippen molar-refractivity contribution in [1.29, 1.82) is 0 Å². The van der Waals surface area contributed by atoms with Crippen LogP contribution in [0, 0.1) is 0 Å². The fourth-order valence-electron chi connectivity index (χ4n) is 1.49. The molecule has 1 rings (SSSR count). The van der Waals surface area contributed by atoms with Gasteiger partial charge in [0.05, 0.1) is 6.04 Å². The third kappa shape index (κ3) is 3.32. The van der Waals surface area contributed by atoms with Crippen molar-refractivity contribution in [3.8, 4) is 0 Å². The van der Waals surface area contributed by atoms with Crippen molar-refractivity contribution in [1.82, 2.24) is 4.90 Å². The van der Waals surface area contributed by atoms with Gasteiger partial charge in [0.2, 0.25) is 5.91 Å². The van der Waals surface area contributed by atoms with E-state index in [4.69, 9.17) is 11.5 Å². The molecule has 0 radical (unpaired) electrons. The van der Waals surface area contributed by atoms with E-state index >= 15 is 0 Å². The second kappa shape index (κ2) is 4.58. The van der Waals surface area contributed by atoms with Crippen LogP contribution in [0.2, 0.25) is 0 Å². The van der Waals surface area contributed by atoms with Gasteiger partial charge in [-0.1, -0.05) is 6.92 Å². The lowest BCUT2D eigenvalue weighted by atomic mass is 10.2. The quantitative estimate of drug-likeness (QED) is 0.595. The largest absolute Gasteiger partial charge is 0.368 e. The molecule has 0 aromatic carbocycles. The predicted molar refractivity (Wildman–Crippen MR) is 52.1 cm³/mol. The number of carbonyl (C=O) groups is 1. The summed E-state index contributed by atoms with van der Waals surface area (Å²) in [4.78, 5) is 13.0. The molecular weight excluding hydrogens is 166 g/mol. The number of primary amides is 1. The molecule has 1 aliphatic rings. The molecule has 1 fully saturated rings. The monoisotopic (exact) mass is 185 g/mol. The fraction of sp³-hybridized carbons (Fsp3) is 0.889. The third-order valence-electron chi connectivity index (χ3n) is 2.56. The molecule has 4 heteroatoms. The first kappa shape index (κ1) is 10.5. The van der Waals surface area contributed by atoms with Crippen LogP contribution in [0.25, 0.3) is 0 Å². The minimum absolute atomic E-state index is 0.396. The molecule has 1 amide bonds. The highest BCUT2D eigenvalue weighted by molar-refractivity contribution is 5.79. The molecule has 1 unspecified atom stereocenters. The summed E-state index contributed by atoms with van der Waals surface area (Å²) in [5.74, 6) is -0.396. The highest BCUT2D eigenvalue weighted by Gasteiger charge is 2.27. The molecule has 4 nitrogen and oxygen atoms in total. The van der Waals surface area contributed by atoms with Crippen molar-refractivity contribution in [3.63, 3.8) is 0 Å². The minimum Gasteiger partial charge on any atom is -0.368 e. The van der Waals surface area contributed by atoms with Crippen molar-refractivity contribution in [2.24, 2.45) is 11.5 Å². The van der Waals surface area contributed by atoms with Crippen LogP contribution in [0.1, 0.15) is 26.2 Å². The molecule has 0 saturated heterocycles. The van der Waals surface area contributed by atoms with Crippen molar-refractivity contribution in [2.45, 2.75) is 38.3 Å². The van der Waals surface area contributed by atoms with Crippen LogP contribution in [0.4, 0.5) is 0 Å². The van der Waals surface area contributed by atoms with E-state index in [1.165, 1.54) is 12.8 Å². The normalized spacial score (nSPS) is 19.0. The Hall–Kier alpha value is -0.610. The van der Waals surface area contributed by atoms with E-state index in [2.05, 4.69) is 11.8 Å². The van der Waals surface area contributed by atoms with E-state index in [-0.39, 0.29) is 0 Å². The molecule has 0 heterocycles. The first-order chi connectivity index (χ1) is 6.15. The Balaban J connectivity index is 2.18. The van der Waals surface area contributed by atoms with Gasteiger partial charge in [-0.15, -0.1) is 0 Å². The van der Waals surface area contributed by atoms with E-state index in [0.717, 1.165) is 19.1 Å². The number of nitrogens with two attached hydrogens (primary N) is 2. The Labute approximate surface area is 79.3 Å². The summed E-state index contributed by atoms with van der Waals surface area (Å²) >= 11 is 0. The Morgan fingerprint density at radius 3 is 2.62 bits per heavy atom. The van der Waals surface area contributed by atoms with Crippen LogP contribution in [0.3, 0.4) is 0 Å². The van der Waals surface area contributed by atoms with Gasteiger partial charge in [-0.05, 0) is 25.8 Å². The lowest BCUT2D eigenvalue weighted by Crippen LogP contribution is -2.40. The van der Waals surface area contributed by atoms with Crippen LogP contribution in [-0.2, 0) is 4.79 Å². The van der Waals surface area contributed by atoms with Gasteiger partial charge >= 0.3 is 0 Å². The average Bonchev–Trinajstić information content (AvgIpc) is 2.88. The molecule has 0 spiro atoms. The van der Waals surface area contributed by atoms with Crippen LogP contribution in [0.5, 0.6) is 0 Å². The average molecular weight is 185 g/mol. The van der Waals surface area contributed by atoms with Crippen molar-refractivity contribution >= 4 is 5.91 Å². The molecule has 1 saturated carbocycles. The number of hydrogen-bond acceptors (Lipinski definition) is 3. The Morgan fingerprint density at radius 1 is 1.62 bits per heavy atom. The maximum absolute atomic E-state index is 10.7. The highest BCUT2D eigenvalue weighted by atomic mass is 16.1. The SMILES string of the molecule is CCN(CCC(N)C(N)=O)C1CC1. The van der Waals surface area contributed by atoms with Gasteiger partial charge in [0.15, 0.2) is 0 Å². The van der Waals surface area contributed by atoms with Gasteiger partial charge in [0.25, 0.3) is 0 Å². The first-order valence-corrected chi connectivity index (χ1v) is 4.94. The zero-order chi connectivity index (χ0) is 9.84. The zero-order valence-electron chi connectivity index (χ0n) is 8.20. The lowest BCUT2D eigenvalue weighted by Gasteiger charge is -2.20. The second-order valence-electron chi connectivity index (χ2n) is 3.66. The Morgan fingerprint density at radius 2 is 2.23 bits per heavy atom. The van der Waals surface area contributed by atoms with Gasteiger partial charge in [0.1, 0.15) is 0 Å². The minimum atomic E-state index is -0.479. The zero-order valence-corrected chi connectivity index (χ0v) is 8.20. The summed E-state index contributed by atoms with van der Waals surface area (Å²) in [6.07, 6.45) is 3.26. The van der Waals surface area contributed by atoms with Crippen molar-refractivity contribution in [3.05, 3.63) is 0 Å². The van der Waals surface area contributed by atoms with E-state index in [9.17, 15) is 4.79 Å². The maximum Gasteiger partial charge on any atom is 0.234 e. The molecule has 0 aromatic heterocycles. The topological polar surface area (TPSA) is 72.3 Å². The standard InChI is InChI=1S/C9H19N3O/c1-2-12(7-3-4-7)6-5-8(10)9(11)13/h7-8H,2-6,10H2,1H3,(H2,11,13). The number of carbonyl (C=O) groups excluding carboxylic acids is 1. The molecule has 1 aliphatic carbocycles. The molecule has 0 bridgehead atoms. The summed E-state index contributed by atoms with van der Waals surface area (Å²) in [5, 5.41) is 0. The highest BCUT2D eigenvalue weighted by Crippen LogP contribution is 2.26. The fourth-order valence-corrected chi connectivity index (χ4v) is 1.49. The third-order valence-corrected chi connectivity index (χ3v) is 2.56. The molecule has 4 N–H and O–H groups in total. The van der Waals surface area contributed by atoms with E-state index in [1.54, 1.807) is 0 Å². The molecule has 0 aromatic rings. The lowest BCUT2D eigenvalue weighted by molar-refractivity contribution is -0.119. The summed E-state index contributed by atoms with van der Waals surface area (Å²) < 4.78 is 0. The summed E-state index contributed by atoms with van der Waals surface area (Å²) in [6, 6.07) is 0.262. The smallest absolute Gasteiger partial charge is 0.234 e. The van der Waals surface area contributed by atoms with Gasteiger partial charge in [0, 0.05) is 12.6 Å². The molecular formula is C9H19N3O. The first-order valence-electron chi connectivity index (χ1n) is 4.94. The maximum atomic E-state index is 10.7. The second-order valence-corrected chi connectivity index (χ2v) is 3.66. The van der Waals surface area contributed by atoms with Crippen LogP contribution in [0.15, 0.2) is 0 Å². The molecule has 0 aliphatic heterocycles. The van der Waals surface area contributed by atoms with Gasteiger partial charge < -0.3 is 16.4 Å². The summed E-state index contributed by atoms with van der Waals surface area (Å²) in [6.45, 7) is 4.07. The number of nitrogens with zero attached hydrogens (tertiary/aromatic N) is 1. The molecule has 1 atom stereocenters. The summed E-state index contributed by atoms with van der Waals surface area (Å²) in [5.41, 5.74) is 10.6. The Kier molecular flexibility index (Phi) is 3.69. The number of amides is 1. The van der Waals surface area contributed by atoms with Crippen LogP contribution < -0.4 is 11.5 Å².